The van der Waals surface area contributed by atoms with Crippen LogP contribution < -0.4 is 15.7 Å². The first-order chi connectivity index (χ1) is 13.0. The molecule has 0 bridgehead atoms. The monoisotopic (exact) mass is 368 g/mol. The number of carbonyl (C=O) groups excluding carboxylic acids is 1. The first-order valence-electron chi connectivity index (χ1n) is 9.67. The van der Waals surface area contributed by atoms with Crippen molar-refractivity contribution in [3.05, 3.63) is 54.1 Å². The third-order valence-corrected chi connectivity index (χ3v) is 4.50. The van der Waals surface area contributed by atoms with Crippen LogP contribution in [0.2, 0.25) is 0 Å². The van der Waals surface area contributed by atoms with Crippen molar-refractivity contribution in [2.75, 3.05) is 23.3 Å². The highest BCUT2D eigenvalue weighted by Crippen LogP contribution is 2.18. The average Bonchev–Trinajstić information content (AvgIpc) is 2.68. The van der Waals surface area contributed by atoms with Gasteiger partial charge < -0.3 is 20.3 Å². The van der Waals surface area contributed by atoms with E-state index < -0.39 is 7.12 Å². The third-order valence-electron chi connectivity index (χ3n) is 4.50. The highest BCUT2D eigenvalue weighted by atomic mass is 16.4. The summed E-state index contributed by atoms with van der Waals surface area (Å²) < 4.78 is 0. The number of nitrogens with one attached hydrogen (secondary N) is 1. The molecule has 0 fully saturated rings. The van der Waals surface area contributed by atoms with E-state index in [-0.39, 0.29) is 5.91 Å². The molecular weight excluding hydrogens is 339 g/mol. The molecule has 0 saturated heterocycles. The molecule has 0 aliphatic carbocycles. The van der Waals surface area contributed by atoms with Gasteiger partial charge in [0.25, 0.3) is 5.91 Å². The maximum absolute atomic E-state index is 12.5. The van der Waals surface area contributed by atoms with Crippen molar-refractivity contribution in [2.24, 2.45) is 0 Å². The molecule has 2 aromatic carbocycles. The highest BCUT2D eigenvalue weighted by Gasteiger charge is 2.13. The van der Waals surface area contributed by atoms with Gasteiger partial charge in [-0.05, 0) is 54.7 Å². The topological polar surface area (TPSA) is 72.8 Å². The normalized spacial score (nSPS) is 10.5. The van der Waals surface area contributed by atoms with E-state index in [1.54, 1.807) is 24.3 Å². The van der Waals surface area contributed by atoms with E-state index >= 15 is 0 Å². The summed E-state index contributed by atoms with van der Waals surface area (Å²) in [5.41, 5.74) is 2.58. The Hall–Kier alpha value is -2.31. The van der Waals surface area contributed by atoms with Gasteiger partial charge in [-0.2, -0.15) is 0 Å². The SMILES string of the molecule is CCCCN(CCCC)c1ccc(C(=O)Nc2cccc(B(O)O)c2)cc1. The van der Waals surface area contributed by atoms with Gasteiger partial charge in [0.15, 0.2) is 0 Å². The lowest BCUT2D eigenvalue weighted by Crippen LogP contribution is -2.30. The largest absolute Gasteiger partial charge is 0.488 e. The highest BCUT2D eigenvalue weighted by molar-refractivity contribution is 6.58. The summed E-state index contributed by atoms with van der Waals surface area (Å²) in [5.74, 6) is -0.222. The van der Waals surface area contributed by atoms with Gasteiger partial charge in [0, 0.05) is 30.0 Å². The van der Waals surface area contributed by atoms with E-state index in [1.165, 1.54) is 0 Å². The second kappa shape index (κ2) is 10.7. The van der Waals surface area contributed by atoms with Crippen LogP contribution in [0.4, 0.5) is 11.4 Å². The van der Waals surface area contributed by atoms with Gasteiger partial charge in [-0.3, -0.25) is 4.79 Å². The summed E-state index contributed by atoms with van der Waals surface area (Å²) in [5, 5.41) is 21.3. The first-order valence-corrected chi connectivity index (χ1v) is 9.67. The quantitative estimate of drug-likeness (QED) is 0.564. The zero-order chi connectivity index (χ0) is 19.6. The number of unbranched alkanes of at least 4 members (excludes halogenated alkanes) is 2. The first kappa shape index (κ1) is 21.0. The molecule has 0 aliphatic heterocycles. The Kier molecular flexibility index (Phi) is 8.36. The number of benzene rings is 2. The maximum atomic E-state index is 12.5. The molecule has 2 rings (SSSR count). The number of hydrogen-bond acceptors (Lipinski definition) is 4. The average molecular weight is 368 g/mol. The summed E-state index contributed by atoms with van der Waals surface area (Å²) >= 11 is 0. The molecule has 5 nitrogen and oxygen atoms in total. The van der Waals surface area contributed by atoms with Gasteiger partial charge in [0.2, 0.25) is 0 Å². The summed E-state index contributed by atoms with van der Waals surface area (Å²) in [6.45, 7) is 6.43. The van der Waals surface area contributed by atoms with E-state index in [1.807, 2.05) is 24.3 Å². The lowest BCUT2D eigenvalue weighted by molar-refractivity contribution is 0.102. The van der Waals surface area contributed by atoms with Crippen molar-refractivity contribution < 1.29 is 14.8 Å². The van der Waals surface area contributed by atoms with Crippen molar-refractivity contribution in [1.82, 2.24) is 0 Å². The summed E-state index contributed by atoms with van der Waals surface area (Å²) in [7, 11) is -1.56. The van der Waals surface area contributed by atoms with E-state index in [2.05, 4.69) is 24.1 Å². The van der Waals surface area contributed by atoms with Crippen LogP contribution >= 0.6 is 0 Å². The minimum absolute atomic E-state index is 0.222. The molecule has 0 aromatic heterocycles. The Balaban J connectivity index is 2.06. The number of anilines is 2. The molecule has 0 spiro atoms. The predicted octanol–water partition coefficient (Wildman–Crippen LogP) is 3.03. The molecule has 0 heterocycles. The fourth-order valence-electron chi connectivity index (χ4n) is 2.87. The van der Waals surface area contributed by atoms with Crippen LogP contribution in [0, 0.1) is 0 Å². The van der Waals surface area contributed by atoms with Crippen LogP contribution in [-0.2, 0) is 0 Å². The smallest absolute Gasteiger partial charge is 0.423 e. The van der Waals surface area contributed by atoms with E-state index in [0.717, 1.165) is 44.5 Å². The van der Waals surface area contributed by atoms with Crippen molar-refractivity contribution in [3.63, 3.8) is 0 Å². The second-order valence-corrected chi connectivity index (χ2v) is 6.69. The van der Waals surface area contributed by atoms with Crippen LogP contribution in [0.15, 0.2) is 48.5 Å². The van der Waals surface area contributed by atoms with Crippen LogP contribution in [0.25, 0.3) is 0 Å². The van der Waals surface area contributed by atoms with E-state index in [0.29, 0.717) is 16.7 Å². The van der Waals surface area contributed by atoms with Gasteiger partial charge in [-0.25, -0.2) is 0 Å². The summed E-state index contributed by atoms with van der Waals surface area (Å²) in [6, 6.07) is 14.2. The minimum Gasteiger partial charge on any atom is -0.423 e. The lowest BCUT2D eigenvalue weighted by atomic mass is 9.80. The van der Waals surface area contributed by atoms with Crippen LogP contribution in [0.5, 0.6) is 0 Å². The van der Waals surface area contributed by atoms with Crippen LogP contribution in [-0.4, -0.2) is 36.2 Å². The molecule has 1 amide bonds. The van der Waals surface area contributed by atoms with Crippen LogP contribution in [0.1, 0.15) is 49.9 Å². The Morgan fingerprint density at radius 3 is 2.19 bits per heavy atom. The molecular formula is C21H29BN2O3. The standard InChI is InChI=1S/C21H29BN2O3/c1-3-5-14-24(15-6-4-2)20-12-10-17(11-13-20)21(25)23-19-9-7-8-18(16-19)22(26)27/h7-13,16,26-27H,3-6,14-15H2,1-2H3,(H,23,25). The number of hydrogen-bond donors (Lipinski definition) is 3. The molecule has 0 saturated carbocycles. The van der Waals surface area contributed by atoms with Gasteiger partial charge in [-0.1, -0.05) is 38.8 Å². The Morgan fingerprint density at radius 2 is 1.63 bits per heavy atom. The zero-order valence-corrected chi connectivity index (χ0v) is 16.2. The van der Waals surface area contributed by atoms with Crippen molar-refractivity contribution in [2.45, 2.75) is 39.5 Å². The molecule has 0 radical (unpaired) electrons. The molecule has 2 aromatic rings. The number of rotatable bonds is 10. The van der Waals surface area contributed by atoms with Gasteiger partial charge in [0.1, 0.15) is 0 Å². The predicted molar refractivity (Wildman–Crippen MR) is 113 cm³/mol. The molecule has 3 N–H and O–H groups in total. The number of amides is 1. The minimum atomic E-state index is -1.56. The van der Waals surface area contributed by atoms with E-state index in [9.17, 15) is 14.8 Å². The van der Waals surface area contributed by atoms with Crippen molar-refractivity contribution in [1.29, 1.82) is 0 Å². The molecule has 0 atom stereocenters. The van der Waals surface area contributed by atoms with Gasteiger partial charge in [0.05, 0.1) is 0 Å². The molecule has 144 valence electrons. The fourth-order valence-corrected chi connectivity index (χ4v) is 2.87. The lowest BCUT2D eigenvalue weighted by Gasteiger charge is -2.24. The Bertz CT molecular complexity index is 712. The van der Waals surface area contributed by atoms with Crippen LogP contribution in [0.3, 0.4) is 0 Å². The Labute approximate surface area is 162 Å². The third kappa shape index (κ3) is 6.42. The maximum Gasteiger partial charge on any atom is 0.488 e. The molecule has 6 heteroatoms. The summed E-state index contributed by atoms with van der Waals surface area (Å²) in [6.07, 6.45) is 4.62. The Morgan fingerprint density at radius 1 is 1.00 bits per heavy atom. The van der Waals surface area contributed by atoms with Crippen molar-refractivity contribution in [3.8, 4) is 0 Å². The number of carbonyl (C=O) groups is 1. The van der Waals surface area contributed by atoms with Gasteiger partial charge in [-0.15, -0.1) is 0 Å². The second-order valence-electron chi connectivity index (χ2n) is 6.69. The van der Waals surface area contributed by atoms with E-state index in [4.69, 9.17) is 0 Å². The molecule has 27 heavy (non-hydrogen) atoms. The zero-order valence-electron chi connectivity index (χ0n) is 16.2. The van der Waals surface area contributed by atoms with Crippen molar-refractivity contribution >= 4 is 29.9 Å². The molecule has 0 aliphatic rings. The fraction of sp³-hybridized carbons (Fsp3) is 0.381. The summed E-state index contributed by atoms with van der Waals surface area (Å²) in [4.78, 5) is 14.8. The van der Waals surface area contributed by atoms with Gasteiger partial charge >= 0.3 is 7.12 Å². The molecule has 0 unspecified atom stereocenters. The number of nitrogens with zero attached hydrogens (tertiary/aromatic N) is 1.